The van der Waals surface area contributed by atoms with Gasteiger partial charge >= 0.3 is 0 Å². The van der Waals surface area contributed by atoms with Crippen LogP contribution in [0.25, 0.3) is 16.9 Å². The van der Waals surface area contributed by atoms with E-state index in [1.54, 1.807) is 13.8 Å². The number of hydrogen-bond donors (Lipinski definition) is 4. The second kappa shape index (κ2) is 9.14. The van der Waals surface area contributed by atoms with Crippen LogP contribution in [-0.4, -0.2) is 43.4 Å². The molecule has 4 N–H and O–H groups in total. The molecule has 5 rings (SSSR count). The fourth-order valence-corrected chi connectivity index (χ4v) is 7.63. The maximum Gasteiger partial charge on any atom is 0.203 e. The molecule has 3 aliphatic rings. The van der Waals surface area contributed by atoms with Gasteiger partial charge in [0.15, 0.2) is 17.2 Å². The highest BCUT2D eigenvalue weighted by Crippen LogP contribution is 2.63. The summed E-state index contributed by atoms with van der Waals surface area (Å²) in [6, 6.07) is 9.80. The van der Waals surface area contributed by atoms with Crippen LogP contribution in [0.3, 0.4) is 0 Å². The SMILES string of the molecule is CC(=O)C1=C(O)[C@]2(O)C(=O)C3=C(O)c4c(O)c(-c5ccc(C(C)(C)C)cc5)cc(C(C)C)c4C[C@]3(C)C[C@]2(C)CC1=O. The molecule has 0 unspecified atom stereocenters. The number of phenolic OH excluding ortho intramolecular Hbond substituents is 1. The topological polar surface area (TPSA) is 132 Å². The molecule has 0 aromatic heterocycles. The van der Waals surface area contributed by atoms with Crippen LogP contribution in [0.15, 0.2) is 47.2 Å². The van der Waals surface area contributed by atoms with E-state index in [9.17, 15) is 34.8 Å². The normalized spacial score (nSPS) is 27.7. The third kappa shape index (κ3) is 3.93. The molecule has 222 valence electrons. The predicted molar refractivity (Wildman–Crippen MR) is 160 cm³/mol. The minimum Gasteiger partial charge on any atom is -0.508 e. The summed E-state index contributed by atoms with van der Waals surface area (Å²) in [7, 11) is 0. The maximum absolute atomic E-state index is 14.3. The second-order valence-electron chi connectivity index (χ2n) is 14.3. The molecule has 1 saturated carbocycles. The molecule has 2 aromatic rings. The number of allylic oxidation sites excluding steroid dienone is 1. The third-order valence-electron chi connectivity index (χ3n) is 9.74. The molecule has 0 spiro atoms. The van der Waals surface area contributed by atoms with E-state index in [2.05, 4.69) is 20.8 Å². The first-order valence-electron chi connectivity index (χ1n) is 14.5. The van der Waals surface area contributed by atoms with Crippen molar-refractivity contribution in [1.82, 2.24) is 0 Å². The Hall–Kier alpha value is -3.71. The number of benzene rings is 2. The number of carbonyl (C=O) groups is 3. The Bertz CT molecular complexity index is 1630. The fraction of sp³-hybridized carbons (Fsp3) is 0.457. The van der Waals surface area contributed by atoms with Gasteiger partial charge in [-0.15, -0.1) is 0 Å². The van der Waals surface area contributed by atoms with Gasteiger partial charge in [0.25, 0.3) is 0 Å². The predicted octanol–water partition coefficient (Wildman–Crippen LogP) is 6.40. The fourth-order valence-electron chi connectivity index (χ4n) is 7.63. The first-order valence-corrected chi connectivity index (χ1v) is 14.5. The molecular formula is C35H40O7. The number of Topliss-reactive ketones (excluding diaryl/α,β-unsaturated/α-hetero) is 3. The van der Waals surface area contributed by atoms with Gasteiger partial charge in [0.05, 0.1) is 5.56 Å². The van der Waals surface area contributed by atoms with Crippen molar-refractivity contribution in [3.63, 3.8) is 0 Å². The first kappa shape index (κ1) is 29.8. The lowest BCUT2D eigenvalue weighted by Crippen LogP contribution is -2.65. The number of aromatic hydroxyl groups is 1. The van der Waals surface area contributed by atoms with Crippen molar-refractivity contribution in [3.05, 3.63) is 69.5 Å². The number of aliphatic hydroxyl groups is 3. The van der Waals surface area contributed by atoms with Crippen LogP contribution in [0.4, 0.5) is 0 Å². The molecule has 0 bridgehead atoms. The van der Waals surface area contributed by atoms with Crippen molar-refractivity contribution >= 4 is 23.1 Å². The Balaban J connectivity index is 1.78. The van der Waals surface area contributed by atoms with Gasteiger partial charge in [0.2, 0.25) is 5.78 Å². The Morgan fingerprint density at radius 3 is 2.10 bits per heavy atom. The molecule has 0 radical (unpaired) electrons. The molecule has 2 aromatic carbocycles. The number of carbonyl (C=O) groups excluding carboxylic acids is 3. The lowest BCUT2D eigenvalue weighted by molar-refractivity contribution is -0.164. The maximum atomic E-state index is 14.3. The van der Waals surface area contributed by atoms with Gasteiger partial charge < -0.3 is 20.4 Å². The van der Waals surface area contributed by atoms with E-state index in [4.69, 9.17) is 0 Å². The number of aliphatic hydroxyl groups excluding tert-OH is 2. The van der Waals surface area contributed by atoms with Gasteiger partial charge in [0.1, 0.15) is 22.8 Å². The van der Waals surface area contributed by atoms with Gasteiger partial charge in [-0.2, -0.15) is 0 Å². The zero-order valence-electron chi connectivity index (χ0n) is 25.6. The van der Waals surface area contributed by atoms with Gasteiger partial charge in [-0.1, -0.05) is 72.7 Å². The molecule has 7 heteroatoms. The van der Waals surface area contributed by atoms with Crippen LogP contribution in [0.1, 0.15) is 96.4 Å². The molecule has 42 heavy (non-hydrogen) atoms. The molecule has 7 nitrogen and oxygen atoms in total. The molecule has 0 heterocycles. The van der Waals surface area contributed by atoms with E-state index >= 15 is 0 Å². The molecule has 3 aliphatic carbocycles. The van der Waals surface area contributed by atoms with Crippen LogP contribution in [0.2, 0.25) is 0 Å². The zero-order valence-corrected chi connectivity index (χ0v) is 25.6. The zero-order chi connectivity index (χ0) is 31.3. The summed E-state index contributed by atoms with van der Waals surface area (Å²) in [6.45, 7) is 14.9. The summed E-state index contributed by atoms with van der Waals surface area (Å²) < 4.78 is 0. The summed E-state index contributed by atoms with van der Waals surface area (Å²) >= 11 is 0. The molecule has 0 amide bonds. The molecule has 3 atom stereocenters. The van der Waals surface area contributed by atoms with Crippen molar-refractivity contribution in [2.24, 2.45) is 10.8 Å². The van der Waals surface area contributed by atoms with Gasteiger partial charge in [-0.05, 0) is 59.4 Å². The van der Waals surface area contributed by atoms with E-state index < -0.39 is 50.9 Å². The minimum absolute atomic E-state index is 0.0121. The van der Waals surface area contributed by atoms with Gasteiger partial charge in [-0.3, -0.25) is 14.4 Å². The van der Waals surface area contributed by atoms with Crippen LogP contribution < -0.4 is 0 Å². The number of rotatable bonds is 3. The highest BCUT2D eigenvalue weighted by molar-refractivity contribution is 6.23. The van der Waals surface area contributed by atoms with Crippen LogP contribution in [0, 0.1) is 10.8 Å². The van der Waals surface area contributed by atoms with Crippen molar-refractivity contribution in [3.8, 4) is 16.9 Å². The number of hydrogen-bond acceptors (Lipinski definition) is 7. The van der Waals surface area contributed by atoms with Crippen molar-refractivity contribution < 1.29 is 34.8 Å². The van der Waals surface area contributed by atoms with E-state index in [1.165, 1.54) is 0 Å². The van der Waals surface area contributed by atoms with E-state index in [-0.39, 0.29) is 47.5 Å². The molecule has 1 fully saturated rings. The van der Waals surface area contributed by atoms with Gasteiger partial charge in [0, 0.05) is 28.4 Å². The lowest BCUT2D eigenvalue weighted by atomic mass is 9.47. The summed E-state index contributed by atoms with van der Waals surface area (Å²) in [5.74, 6) is -3.93. The summed E-state index contributed by atoms with van der Waals surface area (Å²) in [4.78, 5) is 39.5. The van der Waals surface area contributed by atoms with E-state index in [0.717, 1.165) is 23.6 Å². The van der Waals surface area contributed by atoms with Crippen molar-refractivity contribution in [2.75, 3.05) is 0 Å². The van der Waals surface area contributed by atoms with Crippen molar-refractivity contribution in [1.29, 1.82) is 0 Å². The third-order valence-corrected chi connectivity index (χ3v) is 9.74. The average molecular weight is 573 g/mol. The first-order chi connectivity index (χ1) is 19.3. The average Bonchev–Trinajstić information content (AvgIpc) is 2.85. The Morgan fingerprint density at radius 1 is 0.976 bits per heavy atom. The monoisotopic (exact) mass is 572 g/mol. The molecule has 0 saturated heterocycles. The Kier molecular flexibility index (Phi) is 6.48. The highest BCUT2D eigenvalue weighted by atomic mass is 16.3. The van der Waals surface area contributed by atoms with Crippen LogP contribution in [0.5, 0.6) is 5.75 Å². The number of phenols is 1. The van der Waals surface area contributed by atoms with Crippen LogP contribution >= 0.6 is 0 Å². The number of fused-ring (bicyclic) bond motifs is 3. The van der Waals surface area contributed by atoms with E-state index in [1.807, 2.05) is 44.2 Å². The molecular weight excluding hydrogens is 532 g/mol. The minimum atomic E-state index is -2.58. The van der Waals surface area contributed by atoms with Crippen molar-refractivity contribution in [2.45, 2.75) is 91.6 Å². The second-order valence-corrected chi connectivity index (χ2v) is 14.3. The number of ketones is 3. The standard InChI is InChI=1S/C35H40O7/c1-17(2)21-13-22(19-9-11-20(12-10-19)32(4,5)6)28(38)26-23(21)14-33(7)16-34(8)15-24(37)25(18(3)36)30(40)35(34,42)31(41)27(33)29(26)39/h9-13,17,38-40,42H,14-16H2,1-8H3/t33-,34+,35+/m1/s1. The molecule has 0 aliphatic heterocycles. The highest BCUT2D eigenvalue weighted by Gasteiger charge is 2.68. The Labute approximate surface area is 246 Å². The summed E-state index contributed by atoms with van der Waals surface area (Å²) in [5.41, 5.74) is -1.68. The Morgan fingerprint density at radius 2 is 1.57 bits per heavy atom. The largest absolute Gasteiger partial charge is 0.508 e. The smallest absolute Gasteiger partial charge is 0.203 e. The summed E-state index contributed by atoms with van der Waals surface area (Å²) in [5, 5.41) is 46.6. The van der Waals surface area contributed by atoms with Crippen LogP contribution in [-0.2, 0) is 26.2 Å². The summed E-state index contributed by atoms with van der Waals surface area (Å²) in [6.07, 6.45) is 0.0363. The van der Waals surface area contributed by atoms with E-state index in [0.29, 0.717) is 11.1 Å². The quantitative estimate of drug-likeness (QED) is 0.313. The lowest BCUT2D eigenvalue weighted by Gasteiger charge is -2.56. The van der Waals surface area contributed by atoms with Gasteiger partial charge in [-0.25, -0.2) is 0 Å².